The van der Waals surface area contributed by atoms with Gasteiger partial charge >= 0.3 is 5.97 Å². The maximum Gasteiger partial charge on any atom is 0.304 e. The van der Waals surface area contributed by atoms with Crippen molar-refractivity contribution in [2.75, 3.05) is 26.4 Å². The van der Waals surface area contributed by atoms with Crippen LogP contribution in [0.5, 0.6) is 17.2 Å². The zero-order valence-electron chi connectivity index (χ0n) is 12.3. The second-order valence-electron chi connectivity index (χ2n) is 6.27. The Kier molecular flexibility index (Phi) is 3.14. The van der Waals surface area contributed by atoms with Gasteiger partial charge in [0.15, 0.2) is 11.5 Å². The lowest BCUT2D eigenvalue weighted by molar-refractivity contribution is -0.137. The van der Waals surface area contributed by atoms with Crippen LogP contribution in [0.15, 0.2) is 12.1 Å². The highest BCUT2D eigenvalue weighted by Crippen LogP contribution is 2.44. The maximum atomic E-state index is 10.7. The molecule has 6 heteroatoms. The Bertz CT molecular complexity index is 617. The summed E-state index contributed by atoms with van der Waals surface area (Å²) >= 11 is 0. The minimum Gasteiger partial charge on any atom is -0.485 e. The molecular formula is C16H19NO5. The van der Waals surface area contributed by atoms with E-state index in [-0.39, 0.29) is 18.8 Å². The van der Waals surface area contributed by atoms with Gasteiger partial charge in [-0.15, -0.1) is 0 Å². The van der Waals surface area contributed by atoms with E-state index < -0.39 is 5.97 Å². The molecule has 0 saturated carbocycles. The van der Waals surface area contributed by atoms with E-state index >= 15 is 0 Å². The van der Waals surface area contributed by atoms with Crippen LogP contribution in [0, 0.1) is 0 Å². The van der Waals surface area contributed by atoms with Gasteiger partial charge in [0, 0.05) is 32.1 Å². The average Bonchev–Trinajstić information content (AvgIpc) is 3.10. The summed E-state index contributed by atoms with van der Waals surface area (Å²) in [6.07, 6.45) is 3.05. The molecule has 1 aromatic carbocycles. The van der Waals surface area contributed by atoms with Crippen LogP contribution >= 0.6 is 0 Å². The molecule has 1 aromatic rings. The monoisotopic (exact) mass is 305 g/mol. The summed E-state index contributed by atoms with van der Waals surface area (Å²) in [6, 6.07) is 3.94. The van der Waals surface area contributed by atoms with E-state index in [4.69, 9.17) is 19.3 Å². The number of carbonyl (C=O) groups is 1. The summed E-state index contributed by atoms with van der Waals surface area (Å²) in [5.41, 5.74) is 0.984. The van der Waals surface area contributed by atoms with Crippen LogP contribution in [0.1, 0.15) is 24.8 Å². The predicted molar refractivity (Wildman–Crippen MR) is 77.6 cm³/mol. The van der Waals surface area contributed by atoms with Crippen LogP contribution in [0.4, 0.5) is 0 Å². The molecule has 1 spiro atoms. The van der Waals surface area contributed by atoms with Crippen molar-refractivity contribution in [1.82, 2.24) is 4.90 Å². The van der Waals surface area contributed by atoms with Crippen LogP contribution in [0.2, 0.25) is 0 Å². The van der Waals surface area contributed by atoms with Gasteiger partial charge in [0.25, 0.3) is 0 Å². The van der Waals surface area contributed by atoms with E-state index in [9.17, 15) is 4.79 Å². The third-order valence-corrected chi connectivity index (χ3v) is 4.77. The summed E-state index contributed by atoms with van der Waals surface area (Å²) in [5, 5.41) is 8.81. The van der Waals surface area contributed by atoms with E-state index in [0.717, 1.165) is 49.6 Å². The summed E-state index contributed by atoms with van der Waals surface area (Å²) in [6.45, 7) is 2.56. The number of hydrogen-bond donors (Lipinski definition) is 1. The molecule has 1 N–H and O–H groups in total. The van der Waals surface area contributed by atoms with Crippen LogP contribution in [-0.2, 0) is 11.2 Å². The van der Waals surface area contributed by atoms with Gasteiger partial charge in [-0.3, -0.25) is 9.69 Å². The quantitative estimate of drug-likeness (QED) is 0.916. The predicted octanol–water partition coefficient (Wildman–Crippen LogP) is 1.66. The average molecular weight is 305 g/mol. The van der Waals surface area contributed by atoms with E-state index in [1.54, 1.807) is 0 Å². The molecule has 0 amide bonds. The number of carboxylic acids is 1. The molecular weight excluding hydrogens is 286 g/mol. The van der Waals surface area contributed by atoms with E-state index in [0.29, 0.717) is 6.54 Å². The summed E-state index contributed by atoms with van der Waals surface area (Å²) < 4.78 is 17.2. The van der Waals surface area contributed by atoms with E-state index in [1.807, 2.05) is 12.1 Å². The van der Waals surface area contributed by atoms with Crippen molar-refractivity contribution in [3.8, 4) is 17.2 Å². The molecule has 22 heavy (non-hydrogen) atoms. The zero-order valence-corrected chi connectivity index (χ0v) is 12.3. The summed E-state index contributed by atoms with van der Waals surface area (Å²) in [5.74, 6) is 1.68. The number of likely N-dealkylation sites (tertiary alicyclic amines) is 1. The highest BCUT2D eigenvalue weighted by molar-refractivity contribution is 5.66. The first-order chi connectivity index (χ1) is 10.6. The SMILES string of the molecule is O=C(O)CCN1CCC2(CCc3cc4c(cc3O2)OCO4)C1. The molecule has 6 nitrogen and oxygen atoms in total. The molecule has 3 heterocycles. The van der Waals surface area contributed by atoms with Crippen molar-refractivity contribution in [2.45, 2.75) is 31.3 Å². The fraction of sp³-hybridized carbons (Fsp3) is 0.562. The summed E-state index contributed by atoms with van der Waals surface area (Å²) in [7, 11) is 0. The molecule has 0 aliphatic carbocycles. The van der Waals surface area contributed by atoms with Gasteiger partial charge < -0.3 is 19.3 Å². The second kappa shape index (κ2) is 5.05. The topological polar surface area (TPSA) is 68.2 Å². The Labute approximate surface area is 128 Å². The lowest BCUT2D eigenvalue weighted by Crippen LogP contribution is -2.42. The molecule has 0 radical (unpaired) electrons. The zero-order chi connectivity index (χ0) is 15.2. The van der Waals surface area contributed by atoms with Gasteiger partial charge in [-0.05, 0) is 24.5 Å². The molecule has 4 rings (SSSR count). The van der Waals surface area contributed by atoms with Gasteiger partial charge in [-0.2, -0.15) is 0 Å². The maximum absolute atomic E-state index is 10.7. The molecule has 0 aromatic heterocycles. The third-order valence-electron chi connectivity index (χ3n) is 4.77. The molecule has 1 unspecified atom stereocenters. The van der Waals surface area contributed by atoms with Crippen molar-refractivity contribution in [1.29, 1.82) is 0 Å². The Morgan fingerprint density at radius 2 is 2.05 bits per heavy atom. The van der Waals surface area contributed by atoms with Crippen molar-refractivity contribution in [3.63, 3.8) is 0 Å². The molecule has 3 aliphatic rings. The number of ether oxygens (including phenoxy) is 3. The van der Waals surface area contributed by atoms with Crippen LogP contribution < -0.4 is 14.2 Å². The molecule has 1 saturated heterocycles. The lowest BCUT2D eigenvalue weighted by atomic mass is 9.90. The smallest absolute Gasteiger partial charge is 0.304 e. The third kappa shape index (κ3) is 2.37. The molecule has 1 fully saturated rings. The number of rotatable bonds is 3. The number of aliphatic carboxylic acids is 1. The fourth-order valence-electron chi connectivity index (χ4n) is 3.56. The minimum atomic E-state index is -0.747. The van der Waals surface area contributed by atoms with Crippen molar-refractivity contribution in [3.05, 3.63) is 17.7 Å². The molecule has 0 bridgehead atoms. The van der Waals surface area contributed by atoms with Gasteiger partial charge in [0.1, 0.15) is 11.4 Å². The van der Waals surface area contributed by atoms with Crippen molar-refractivity contribution in [2.24, 2.45) is 0 Å². The minimum absolute atomic E-state index is 0.181. The van der Waals surface area contributed by atoms with Crippen molar-refractivity contribution < 1.29 is 24.1 Å². The summed E-state index contributed by atoms with van der Waals surface area (Å²) in [4.78, 5) is 12.9. The second-order valence-corrected chi connectivity index (χ2v) is 6.27. The first-order valence-electron chi connectivity index (χ1n) is 7.69. The standard InChI is InChI=1S/C16H19NO5/c18-15(19)2-5-17-6-4-16(9-17)3-1-11-7-13-14(21-10-20-13)8-12(11)22-16/h7-8H,1-6,9-10H2,(H,18,19). The number of carboxylic acid groups (broad SMARTS) is 1. The molecule has 1 atom stereocenters. The van der Waals surface area contributed by atoms with Crippen LogP contribution in [0.25, 0.3) is 0 Å². The van der Waals surface area contributed by atoms with E-state index in [1.165, 1.54) is 5.56 Å². The first kappa shape index (κ1) is 13.7. The van der Waals surface area contributed by atoms with Gasteiger partial charge in [0.05, 0.1) is 6.42 Å². The number of fused-ring (bicyclic) bond motifs is 2. The Hall–Kier alpha value is -1.95. The Balaban J connectivity index is 1.49. The highest BCUT2D eigenvalue weighted by atomic mass is 16.7. The van der Waals surface area contributed by atoms with E-state index in [2.05, 4.69) is 4.90 Å². The number of nitrogens with zero attached hydrogens (tertiary/aromatic N) is 1. The van der Waals surface area contributed by atoms with Gasteiger partial charge in [-0.1, -0.05) is 0 Å². The number of aryl methyl sites for hydroxylation is 1. The Morgan fingerprint density at radius 3 is 2.86 bits per heavy atom. The largest absolute Gasteiger partial charge is 0.485 e. The van der Waals surface area contributed by atoms with Gasteiger partial charge in [-0.25, -0.2) is 0 Å². The Morgan fingerprint density at radius 1 is 1.23 bits per heavy atom. The molecule has 3 aliphatic heterocycles. The normalized spacial score (nSPS) is 26.0. The number of hydrogen-bond acceptors (Lipinski definition) is 5. The number of benzene rings is 1. The lowest BCUT2D eigenvalue weighted by Gasteiger charge is -2.35. The fourth-order valence-corrected chi connectivity index (χ4v) is 3.56. The van der Waals surface area contributed by atoms with Crippen LogP contribution in [0.3, 0.4) is 0 Å². The highest BCUT2D eigenvalue weighted by Gasteiger charge is 2.43. The van der Waals surface area contributed by atoms with Crippen LogP contribution in [-0.4, -0.2) is 48.0 Å². The van der Waals surface area contributed by atoms with Crippen molar-refractivity contribution >= 4 is 5.97 Å². The molecule has 118 valence electrons. The first-order valence-corrected chi connectivity index (χ1v) is 7.69. The van der Waals surface area contributed by atoms with Gasteiger partial charge in [0.2, 0.25) is 6.79 Å².